The third-order valence-electron chi connectivity index (χ3n) is 2.94. The molecule has 0 aliphatic rings. The molecule has 104 valence electrons. The molecule has 0 radical (unpaired) electrons. The average Bonchev–Trinajstić information content (AvgIpc) is 2.96. The quantitative estimate of drug-likeness (QED) is 0.722. The van der Waals surface area contributed by atoms with Crippen LogP contribution in [0, 0.1) is 0 Å². The largest absolute Gasteiger partial charge is 0.341 e. The summed E-state index contributed by atoms with van der Waals surface area (Å²) in [5.74, 6) is -0.163. The molecule has 2 heterocycles. The molecular formula is C15H13N5O. The van der Waals surface area contributed by atoms with Crippen LogP contribution in [0.25, 0.3) is 22.4 Å². The summed E-state index contributed by atoms with van der Waals surface area (Å²) in [5.41, 5.74) is 3.73. The normalized spacial score (nSPS) is 11.1. The van der Waals surface area contributed by atoms with E-state index in [4.69, 9.17) is 0 Å². The zero-order chi connectivity index (χ0) is 14.7. The number of aromatic amines is 1. The highest BCUT2D eigenvalue weighted by Crippen LogP contribution is 2.25. The minimum Gasteiger partial charge on any atom is -0.341 e. The lowest BCUT2D eigenvalue weighted by Crippen LogP contribution is -2.07. The van der Waals surface area contributed by atoms with Gasteiger partial charge in [-0.25, -0.2) is 15.0 Å². The van der Waals surface area contributed by atoms with Crippen molar-refractivity contribution in [1.82, 2.24) is 19.9 Å². The topological polar surface area (TPSA) is 83.6 Å². The van der Waals surface area contributed by atoms with Gasteiger partial charge in [-0.15, -0.1) is 0 Å². The number of H-pyrrole nitrogens is 1. The molecule has 3 aromatic rings. The first-order valence-electron chi connectivity index (χ1n) is 6.46. The highest BCUT2D eigenvalue weighted by molar-refractivity contribution is 5.99. The van der Waals surface area contributed by atoms with Crippen molar-refractivity contribution >= 4 is 22.8 Å². The van der Waals surface area contributed by atoms with E-state index >= 15 is 0 Å². The number of hydrogen-bond acceptors (Lipinski definition) is 4. The van der Waals surface area contributed by atoms with Gasteiger partial charge in [0.1, 0.15) is 11.8 Å². The predicted molar refractivity (Wildman–Crippen MR) is 80.6 cm³/mol. The summed E-state index contributed by atoms with van der Waals surface area (Å²) >= 11 is 0. The first-order chi connectivity index (χ1) is 10.3. The van der Waals surface area contributed by atoms with Crippen LogP contribution in [0.3, 0.4) is 0 Å². The van der Waals surface area contributed by atoms with Crippen molar-refractivity contribution in [2.24, 2.45) is 0 Å². The monoisotopic (exact) mass is 279 g/mol. The van der Waals surface area contributed by atoms with Gasteiger partial charge in [-0.05, 0) is 25.1 Å². The molecule has 1 aromatic carbocycles. The molecule has 0 spiro atoms. The average molecular weight is 279 g/mol. The number of fused-ring (bicyclic) bond motifs is 1. The lowest BCUT2D eigenvalue weighted by Gasteiger charge is -2.06. The van der Waals surface area contributed by atoms with Crippen LogP contribution in [0.2, 0.25) is 0 Å². The Labute approximate surface area is 121 Å². The van der Waals surface area contributed by atoms with Crippen LogP contribution in [-0.4, -0.2) is 25.8 Å². The van der Waals surface area contributed by atoms with Crippen molar-refractivity contribution < 1.29 is 4.79 Å². The van der Waals surface area contributed by atoms with Crippen molar-refractivity contribution in [3.05, 3.63) is 49.1 Å². The summed E-state index contributed by atoms with van der Waals surface area (Å²) in [5, 5.41) is 2.80. The van der Waals surface area contributed by atoms with Crippen LogP contribution < -0.4 is 5.32 Å². The second kappa shape index (κ2) is 5.54. The maximum atomic E-state index is 11.6. The number of nitrogens with one attached hydrogen (secondary N) is 2. The molecular weight excluding hydrogens is 266 g/mol. The number of carbonyl (C=O) groups excluding carboxylic acids is 1. The van der Waals surface area contributed by atoms with Gasteiger partial charge in [0.25, 0.3) is 0 Å². The van der Waals surface area contributed by atoms with Crippen LogP contribution in [0.5, 0.6) is 0 Å². The van der Waals surface area contributed by atoms with E-state index in [1.807, 2.05) is 24.3 Å². The van der Waals surface area contributed by atoms with Crippen molar-refractivity contribution in [2.75, 3.05) is 5.32 Å². The molecule has 21 heavy (non-hydrogen) atoms. The zero-order valence-electron chi connectivity index (χ0n) is 11.4. The van der Waals surface area contributed by atoms with E-state index in [9.17, 15) is 4.79 Å². The van der Waals surface area contributed by atoms with Crippen molar-refractivity contribution in [3.8, 4) is 11.3 Å². The minimum absolute atomic E-state index is 0.163. The first-order valence-corrected chi connectivity index (χ1v) is 6.46. The number of allylic oxidation sites excluding steroid dienone is 1. The standard InChI is InChI=1S/C15H13N5O/c1-2-4-12(21)20-11-6-3-5-10(7-11)13-14-15(18-8-16-13)19-9-17-14/h2-9H,1H3,(H,20,21)(H,16,17,18,19)/b4-2+. The van der Waals surface area contributed by atoms with Gasteiger partial charge in [0.05, 0.1) is 12.0 Å². The highest BCUT2D eigenvalue weighted by atomic mass is 16.1. The molecule has 3 rings (SSSR count). The van der Waals surface area contributed by atoms with Crippen LogP contribution in [0.1, 0.15) is 6.92 Å². The van der Waals surface area contributed by atoms with Gasteiger partial charge < -0.3 is 10.3 Å². The van der Waals surface area contributed by atoms with Gasteiger partial charge in [-0.2, -0.15) is 0 Å². The van der Waals surface area contributed by atoms with Crippen molar-refractivity contribution in [2.45, 2.75) is 6.92 Å². The number of carbonyl (C=O) groups is 1. The van der Waals surface area contributed by atoms with Gasteiger partial charge >= 0.3 is 0 Å². The molecule has 0 unspecified atom stereocenters. The fraction of sp³-hybridized carbons (Fsp3) is 0.0667. The predicted octanol–water partition coefficient (Wildman–Crippen LogP) is 2.53. The number of rotatable bonds is 3. The highest BCUT2D eigenvalue weighted by Gasteiger charge is 2.09. The van der Waals surface area contributed by atoms with E-state index in [0.29, 0.717) is 11.3 Å². The molecule has 0 fully saturated rings. The Kier molecular flexibility index (Phi) is 3.42. The molecule has 6 nitrogen and oxygen atoms in total. The van der Waals surface area contributed by atoms with E-state index < -0.39 is 0 Å². The van der Waals surface area contributed by atoms with Gasteiger partial charge in [-0.1, -0.05) is 18.2 Å². The molecule has 2 N–H and O–H groups in total. The summed E-state index contributed by atoms with van der Waals surface area (Å²) in [6, 6.07) is 7.49. The summed E-state index contributed by atoms with van der Waals surface area (Å²) in [7, 11) is 0. The SMILES string of the molecule is C/C=C/C(=O)Nc1cccc(-c2ncnc3nc[nH]c23)c1. The molecule has 0 aliphatic heterocycles. The summed E-state index contributed by atoms with van der Waals surface area (Å²) < 4.78 is 0. The second-order valence-electron chi connectivity index (χ2n) is 4.39. The van der Waals surface area contributed by atoms with E-state index in [0.717, 1.165) is 16.8 Å². The fourth-order valence-corrected chi connectivity index (χ4v) is 2.06. The van der Waals surface area contributed by atoms with Crippen LogP contribution in [0.4, 0.5) is 5.69 Å². The van der Waals surface area contributed by atoms with Crippen LogP contribution in [-0.2, 0) is 4.79 Å². The molecule has 1 amide bonds. The zero-order valence-corrected chi connectivity index (χ0v) is 11.4. The Morgan fingerprint density at radius 3 is 3.05 bits per heavy atom. The third-order valence-corrected chi connectivity index (χ3v) is 2.94. The maximum absolute atomic E-state index is 11.6. The molecule has 0 atom stereocenters. The number of imidazole rings is 1. The Morgan fingerprint density at radius 1 is 1.29 bits per heavy atom. The van der Waals surface area contributed by atoms with E-state index in [1.54, 1.807) is 19.3 Å². The first kappa shape index (κ1) is 13.0. The maximum Gasteiger partial charge on any atom is 0.248 e. The molecule has 0 bridgehead atoms. The summed E-state index contributed by atoms with van der Waals surface area (Å²) in [6.07, 6.45) is 6.23. The molecule has 0 saturated heterocycles. The van der Waals surface area contributed by atoms with E-state index in [-0.39, 0.29) is 5.91 Å². The number of hydrogen-bond donors (Lipinski definition) is 2. The van der Waals surface area contributed by atoms with Crippen LogP contribution in [0.15, 0.2) is 49.1 Å². The van der Waals surface area contributed by atoms with Gasteiger partial charge in [0.2, 0.25) is 5.91 Å². The lowest BCUT2D eigenvalue weighted by molar-refractivity contribution is -0.111. The lowest BCUT2D eigenvalue weighted by atomic mass is 10.1. The van der Waals surface area contributed by atoms with Gasteiger partial charge in [-0.3, -0.25) is 4.79 Å². The molecule has 0 saturated carbocycles. The van der Waals surface area contributed by atoms with E-state index in [1.165, 1.54) is 12.4 Å². The molecule has 0 aliphatic carbocycles. The Hall–Kier alpha value is -3.02. The fourth-order valence-electron chi connectivity index (χ4n) is 2.06. The number of aromatic nitrogens is 4. The smallest absolute Gasteiger partial charge is 0.248 e. The Bertz CT molecular complexity index is 822. The van der Waals surface area contributed by atoms with E-state index in [2.05, 4.69) is 25.3 Å². The Morgan fingerprint density at radius 2 is 2.19 bits per heavy atom. The summed E-state index contributed by atoms with van der Waals surface area (Å²) in [6.45, 7) is 1.80. The third kappa shape index (κ3) is 2.64. The second-order valence-corrected chi connectivity index (χ2v) is 4.39. The molecule has 6 heteroatoms. The van der Waals surface area contributed by atoms with Crippen molar-refractivity contribution in [3.63, 3.8) is 0 Å². The summed E-state index contributed by atoms with van der Waals surface area (Å²) in [4.78, 5) is 27.1. The number of benzene rings is 1. The number of anilines is 1. The van der Waals surface area contributed by atoms with Gasteiger partial charge in [0.15, 0.2) is 5.65 Å². The molecule has 2 aromatic heterocycles. The number of amides is 1. The minimum atomic E-state index is -0.163. The van der Waals surface area contributed by atoms with Crippen LogP contribution >= 0.6 is 0 Å². The number of nitrogens with zero attached hydrogens (tertiary/aromatic N) is 3. The van der Waals surface area contributed by atoms with Crippen molar-refractivity contribution in [1.29, 1.82) is 0 Å². The Balaban J connectivity index is 2.00. The van der Waals surface area contributed by atoms with Gasteiger partial charge in [0, 0.05) is 11.3 Å².